The van der Waals surface area contributed by atoms with Gasteiger partial charge in [0.1, 0.15) is 59.0 Å². The van der Waals surface area contributed by atoms with Crippen LogP contribution in [0.1, 0.15) is 79.2 Å². The van der Waals surface area contributed by atoms with Crippen LogP contribution >= 0.6 is 23.2 Å². The summed E-state index contributed by atoms with van der Waals surface area (Å²) >= 11 is 12.2. The first-order chi connectivity index (χ1) is 54.8. The fraction of sp³-hybridized carbons (Fsp3) is 0.419. The lowest BCUT2D eigenvalue weighted by Crippen LogP contribution is -2.40. The summed E-state index contributed by atoms with van der Waals surface area (Å²) in [6.07, 6.45) is 10.9. The first-order valence-corrected chi connectivity index (χ1v) is 39.5. The minimum absolute atomic E-state index is 0.0533. The quantitative estimate of drug-likeness (QED) is 0.0632. The number of aromatic amines is 1. The predicted molar refractivity (Wildman–Crippen MR) is 433 cm³/mol. The normalized spacial score (nSPS) is 17.4. The highest BCUT2D eigenvalue weighted by Crippen LogP contribution is 2.37. The van der Waals surface area contributed by atoms with Crippen LogP contribution in [0, 0.1) is 17.5 Å². The molecule has 15 rings (SSSR count). The van der Waals surface area contributed by atoms with Crippen molar-refractivity contribution in [2.75, 3.05) is 169 Å². The van der Waals surface area contributed by atoms with E-state index in [4.69, 9.17) is 75.6 Å². The number of pyridine rings is 4. The summed E-state index contributed by atoms with van der Waals surface area (Å²) in [7, 11) is 4.88. The number of anilines is 6. The minimum atomic E-state index is -0.694. The fourth-order valence-electron chi connectivity index (χ4n) is 14.4. The van der Waals surface area contributed by atoms with Crippen molar-refractivity contribution in [3.8, 4) is 34.9 Å². The number of nitrogens with zero attached hydrogens (tertiary/aromatic N) is 9. The molecule has 6 aliphatic rings. The third-order valence-corrected chi connectivity index (χ3v) is 20.9. The Morgan fingerprint density at radius 1 is 0.411 bits per heavy atom. The molecule has 5 aromatic carbocycles. The fourth-order valence-corrected chi connectivity index (χ4v) is 14.8. The van der Waals surface area contributed by atoms with Gasteiger partial charge in [0.15, 0.2) is 0 Å². The molecule has 6 fully saturated rings. The van der Waals surface area contributed by atoms with Crippen molar-refractivity contribution in [1.29, 1.82) is 0 Å². The number of ether oxygens (including phenoxy) is 10. The van der Waals surface area contributed by atoms with Crippen LogP contribution in [0.5, 0.6) is 34.9 Å². The van der Waals surface area contributed by atoms with Crippen LogP contribution in [-0.4, -0.2) is 172 Å². The minimum Gasteiger partial charge on any atom is -0.497 e. The van der Waals surface area contributed by atoms with E-state index in [0.717, 1.165) is 129 Å². The molecule has 9 aromatic rings. The van der Waals surface area contributed by atoms with Crippen molar-refractivity contribution in [1.82, 2.24) is 19.9 Å². The molecule has 6 aliphatic heterocycles. The van der Waals surface area contributed by atoms with Gasteiger partial charge in [-0.05, 0) is 109 Å². The van der Waals surface area contributed by atoms with Gasteiger partial charge in [0.25, 0.3) is 17.3 Å². The summed E-state index contributed by atoms with van der Waals surface area (Å²) in [5.74, 6) is 2.74. The number of halogens is 5. The molecule has 4 aromatic heterocycles. The van der Waals surface area contributed by atoms with Gasteiger partial charge >= 0.3 is 0 Å². The first kappa shape index (κ1) is 81.8. The number of hydrogen-bond acceptors (Lipinski definition) is 20. The number of rotatable bonds is 22. The Hall–Kier alpha value is -9.69. The maximum atomic E-state index is 15.8. The Morgan fingerprint density at radius 3 is 1.28 bits per heavy atom. The summed E-state index contributed by atoms with van der Waals surface area (Å²) in [6, 6.07) is 53.4. The van der Waals surface area contributed by atoms with Crippen LogP contribution in [0.15, 0.2) is 169 Å². The van der Waals surface area contributed by atoms with Crippen LogP contribution < -0.4 is 63.4 Å². The zero-order chi connectivity index (χ0) is 77.8. The summed E-state index contributed by atoms with van der Waals surface area (Å²) in [5.41, 5.74) is 7.15. The second-order valence-corrected chi connectivity index (χ2v) is 28.7. The molecule has 0 spiro atoms. The second kappa shape index (κ2) is 42.3. The molecular weight excluding hydrogens is 1480 g/mol. The average molecular weight is 1580 g/mol. The number of hydrogen-bond donors (Lipinski definition) is 1. The maximum Gasteiger partial charge on any atom is 0.287 e. The lowest BCUT2D eigenvalue weighted by molar-refractivity contribution is 0.122. The molecule has 6 saturated heterocycles. The van der Waals surface area contributed by atoms with E-state index < -0.39 is 23.0 Å². The summed E-state index contributed by atoms with van der Waals surface area (Å²) in [6.45, 7) is 12.9. The Labute approximate surface area is 664 Å². The molecule has 2 atom stereocenters. The third kappa shape index (κ3) is 23.5. The third-order valence-electron chi connectivity index (χ3n) is 20.5. The monoisotopic (exact) mass is 1580 g/mol. The molecule has 0 aliphatic carbocycles. The molecule has 0 unspecified atom stereocenters. The van der Waals surface area contributed by atoms with Crippen molar-refractivity contribution in [3.63, 3.8) is 0 Å². The van der Waals surface area contributed by atoms with Gasteiger partial charge in [-0.15, -0.1) is 0 Å². The van der Waals surface area contributed by atoms with Gasteiger partial charge in [-0.2, -0.15) is 23.1 Å². The zero-order valence-electron chi connectivity index (χ0n) is 64.1. The van der Waals surface area contributed by atoms with E-state index in [1.165, 1.54) is 42.9 Å². The van der Waals surface area contributed by atoms with Gasteiger partial charge < -0.3 is 81.8 Å². The van der Waals surface area contributed by atoms with Gasteiger partial charge in [-0.25, -0.2) is 4.98 Å². The van der Waals surface area contributed by atoms with Crippen molar-refractivity contribution < 1.29 is 60.5 Å². The molecule has 112 heavy (non-hydrogen) atoms. The summed E-state index contributed by atoms with van der Waals surface area (Å²) in [5, 5.41) is 0.626. The second-order valence-electron chi connectivity index (χ2n) is 28.0. The molecule has 0 bridgehead atoms. The Bertz CT molecular complexity index is 4410. The molecule has 26 heteroatoms. The van der Waals surface area contributed by atoms with Crippen LogP contribution in [0.2, 0.25) is 10.3 Å². The van der Waals surface area contributed by atoms with Crippen molar-refractivity contribution in [3.05, 3.63) is 230 Å². The van der Waals surface area contributed by atoms with E-state index in [-0.39, 0.29) is 30.1 Å². The van der Waals surface area contributed by atoms with Crippen molar-refractivity contribution >= 4 is 57.6 Å². The SMILES string of the molecule is COc1ccc(COc2cc(N3CCOCC3)cc(Cl)n2)cc1.COc1ccc(COc2nc(Cl)cc(N3CCOCC3)c2F)cc1.COc1ccc(COc2nc(N3CCCCC[C@@H]3Cc3ccccc3)cc(N3CCOCC3)c2F)cc1.O=c1[nH]c(N2CCCCC[C@@H]2Cc2ccccc2)cc(N2CCOCC2)c1F. The van der Waals surface area contributed by atoms with Gasteiger partial charge in [0.2, 0.25) is 23.3 Å². The molecular formula is C86H101Cl2F3N10O11. The van der Waals surface area contributed by atoms with Crippen molar-refractivity contribution in [2.24, 2.45) is 0 Å². The van der Waals surface area contributed by atoms with Crippen LogP contribution in [0.4, 0.5) is 47.6 Å². The lowest BCUT2D eigenvalue weighted by atomic mass is 10.0. The molecule has 10 heterocycles. The largest absolute Gasteiger partial charge is 0.497 e. The van der Waals surface area contributed by atoms with E-state index >= 15 is 4.39 Å². The standard InChI is InChI=1S/C30H36FN3O3.C22H28FN3O2.C17H18ClFN2O3.C17H19ClN2O3/c1-35-26-13-11-24(12-14-26)22-37-30-29(31)27(33-16-18-36-19-17-33)21-28(32-30)34-15-7-3-6-10-25(34)20-23-8-4-2-5-9-23;23-21-19(25-11-13-28-14-12-25)16-20(24-22(21)27)26-10-6-2-5-9-18(26)15-17-7-3-1-4-8-17;1-22-13-4-2-12(3-5-13)11-24-17-16(19)14(10-15(18)20-17)21-6-8-23-9-7-21;1-21-15-4-2-13(3-5-15)12-23-17-11-14(10-16(18)19-17)20-6-8-22-9-7-20/h2,4-5,8-9,11-14,21,25H,3,6-7,10,15-20,22H2,1H3;1,3-4,7-8,16,18H,2,5-6,9-15H2,(H,24,27);2-5,10H,6-9,11H2,1H3;2-5,10-11H,6-9,12H2,1H3/t25-;18-;;/m11../s1. The highest BCUT2D eigenvalue weighted by atomic mass is 35.5. The van der Waals surface area contributed by atoms with E-state index in [0.29, 0.717) is 126 Å². The number of aromatic nitrogens is 4. The first-order valence-electron chi connectivity index (χ1n) is 38.7. The Morgan fingerprint density at radius 2 is 0.812 bits per heavy atom. The highest BCUT2D eigenvalue weighted by molar-refractivity contribution is 6.30. The molecule has 21 nitrogen and oxygen atoms in total. The van der Waals surface area contributed by atoms with Crippen LogP contribution in [0.25, 0.3) is 0 Å². The molecule has 0 amide bonds. The van der Waals surface area contributed by atoms with Crippen molar-refractivity contribution in [2.45, 2.75) is 96.1 Å². The molecule has 0 radical (unpaired) electrons. The van der Waals surface area contributed by atoms with Crippen LogP contribution in [-0.2, 0) is 51.6 Å². The lowest BCUT2D eigenvalue weighted by Gasteiger charge is -2.34. The number of nitrogens with one attached hydrogen (secondary N) is 1. The molecule has 0 saturated carbocycles. The number of benzene rings is 5. The Balaban J connectivity index is 0.000000141. The topological polar surface area (TPSA) is 183 Å². The van der Waals surface area contributed by atoms with E-state index in [1.54, 1.807) is 21.3 Å². The predicted octanol–water partition coefficient (Wildman–Crippen LogP) is 15.4. The summed E-state index contributed by atoms with van der Waals surface area (Å²) < 4.78 is 99.6. The zero-order valence-corrected chi connectivity index (χ0v) is 65.6. The van der Waals surface area contributed by atoms with Crippen LogP contribution in [0.3, 0.4) is 0 Å². The van der Waals surface area contributed by atoms with Gasteiger partial charge in [-0.1, -0.05) is 146 Å². The summed E-state index contributed by atoms with van der Waals surface area (Å²) in [4.78, 5) is 40.9. The van der Waals surface area contributed by atoms with E-state index in [9.17, 15) is 13.6 Å². The number of methoxy groups -OCH3 is 3. The number of H-pyrrole nitrogens is 1. The van der Waals surface area contributed by atoms with Gasteiger partial charge in [0, 0.05) is 107 Å². The Kier molecular flexibility index (Phi) is 30.9. The molecule has 596 valence electrons. The number of morpholine rings is 4. The average Bonchev–Trinajstić information content (AvgIpc) is 1.10. The van der Waals surface area contributed by atoms with E-state index in [1.807, 2.05) is 118 Å². The maximum absolute atomic E-state index is 15.8. The van der Waals surface area contributed by atoms with E-state index in [2.05, 4.69) is 84.2 Å². The smallest absolute Gasteiger partial charge is 0.287 e. The molecule has 1 N–H and O–H groups in total. The highest BCUT2D eigenvalue weighted by Gasteiger charge is 2.30. The van der Waals surface area contributed by atoms with Gasteiger partial charge in [0.05, 0.1) is 91.2 Å². The van der Waals surface area contributed by atoms with Gasteiger partial charge in [-0.3, -0.25) is 4.79 Å².